The van der Waals surface area contributed by atoms with E-state index in [0.717, 1.165) is 6.42 Å². The van der Waals surface area contributed by atoms with Crippen molar-refractivity contribution >= 4 is 17.5 Å². The Morgan fingerprint density at radius 2 is 0.778 bits per heavy atom. The van der Waals surface area contributed by atoms with Gasteiger partial charge >= 0.3 is 18.3 Å². The molecule has 14 heteroatoms. The minimum Gasteiger partial charge on any atom is -0.463 e. The van der Waals surface area contributed by atoms with Crippen molar-refractivity contribution in [3.63, 3.8) is 0 Å². The first-order valence-corrected chi connectivity index (χ1v) is 16.1. The Bertz CT molecular complexity index is 735. The van der Waals surface area contributed by atoms with Crippen molar-refractivity contribution in [3.05, 3.63) is 0 Å². The maximum atomic E-state index is 12.5. The van der Waals surface area contributed by atoms with Gasteiger partial charge in [0.25, 0.3) is 0 Å². The number of alkyl halides is 6. The van der Waals surface area contributed by atoms with Crippen LogP contribution in [-0.2, 0) is 38.1 Å². The lowest BCUT2D eigenvalue weighted by Crippen LogP contribution is -2.42. The van der Waals surface area contributed by atoms with Gasteiger partial charge in [0.2, 0.25) is 11.6 Å². The van der Waals surface area contributed by atoms with Gasteiger partial charge in [-0.2, -0.15) is 26.3 Å². The molecule has 0 aliphatic rings. The molecule has 8 nitrogen and oxygen atoms in total. The first kappa shape index (κ1) is 43.2. The molecule has 0 aliphatic carbocycles. The van der Waals surface area contributed by atoms with Crippen LogP contribution < -0.4 is 0 Å². The average molecular weight is 667 g/mol. The molecule has 0 unspecified atom stereocenters. The normalized spacial score (nSPS) is 12.2. The molecule has 0 atom stereocenters. The molecule has 0 fully saturated rings. The quantitative estimate of drug-likeness (QED) is 0.0328. The number of hydrogen-bond acceptors (Lipinski definition) is 8. The first-order valence-electron chi connectivity index (χ1n) is 16.1. The number of unbranched alkanes of at least 4 members (excludes halogenated alkanes) is 13. The van der Waals surface area contributed by atoms with E-state index in [1.165, 1.54) is 83.5 Å². The minimum absolute atomic E-state index is 0.0710. The van der Waals surface area contributed by atoms with Crippen molar-refractivity contribution in [3.8, 4) is 0 Å². The van der Waals surface area contributed by atoms with Gasteiger partial charge in [0, 0.05) is 6.61 Å². The van der Waals surface area contributed by atoms with Crippen LogP contribution in [0.5, 0.6) is 0 Å². The molecular formula is C31H52F6O8. The van der Waals surface area contributed by atoms with E-state index in [2.05, 4.69) is 11.7 Å². The van der Waals surface area contributed by atoms with E-state index in [0.29, 0.717) is 33.0 Å². The van der Waals surface area contributed by atoms with Gasteiger partial charge in [-0.3, -0.25) is 14.4 Å². The molecule has 0 radical (unpaired) electrons. The molecule has 0 aromatic carbocycles. The summed E-state index contributed by atoms with van der Waals surface area (Å²) in [4.78, 5) is 34.0. The average Bonchev–Trinajstić information content (AvgIpc) is 2.97. The zero-order chi connectivity index (χ0) is 33.8. The van der Waals surface area contributed by atoms with Gasteiger partial charge in [-0.25, -0.2) is 0 Å². The Morgan fingerprint density at radius 3 is 1.13 bits per heavy atom. The number of hydrogen-bond donors (Lipinski definition) is 0. The van der Waals surface area contributed by atoms with E-state index in [4.69, 9.17) is 18.9 Å². The van der Waals surface area contributed by atoms with Crippen LogP contribution in [0.15, 0.2) is 0 Å². The van der Waals surface area contributed by atoms with E-state index in [1.54, 1.807) is 0 Å². The van der Waals surface area contributed by atoms with E-state index >= 15 is 0 Å². The molecule has 0 aromatic rings. The highest BCUT2D eigenvalue weighted by atomic mass is 19.4. The molecule has 0 heterocycles. The van der Waals surface area contributed by atoms with E-state index in [9.17, 15) is 40.7 Å². The van der Waals surface area contributed by atoms with Gasteiger partial charge in [-0.05, 0) is 6.42 Å². The molecule has 0 saturated heterocycles. The third-order valence-electron chi connectivity index (χ3n) is 6.81. The molecule has 0 amide bonds. The van der Waals surface area contributed by atoms with Gasteiger partial charge in [0.15, 0.2) is 0 Å². The summed E-state index contributed by atoms with van der Waals surface area (Å²) in [5.41, 5.74) is 0. The third kappa shape index (κ3) is 26.0. The summed E-state index contributed by atoms with van der Waals surface area (Å²) < 4.78 is 101. The van der Waals surface area contributed by atoms with Gasteiger partial charge in [-0.1, -0.05) is 90.4 Å². The SMILES string of the molecule is CCCCCCCCCCCCCCCCOCCOCCOCCOCCOC(=O)CC(C(=O)C(F)(F)F)C(=O)C(F)(F)F. The number of rotatable bonds is 31. The van der Waals surface area contributed by atoms with Gasteiger partial charge in [-0.15, -0.1) is 0 Å². The van der Waals surface area contributed by atoms with Crippen LogP contribution >= 0.6 is 0 Å². The largest absolute Gasteiger partial charge is 0.463 e. The molecule has 0 bridgehead atoms. The molecule has 0 spiro atoms. The zero-order valence-corrected chi connectivity index (χ0v) is 26.6. The van der Waals surface area contributed by atoms with Crippen molar-refractivity contribution in [1.29, 1.82) is 0 Å². The van der Waals surface area contributed by atoms with Crippen LogP contribution in [0.3, 0.4) is 0 Å². The second kappa shape index (κ2) is 27.4. The first-order chi connectivity index (χ1) is 21.4. The molecule has 266 valence electrons. The lowest BCUT2D eigenvalue weighted by molar-refractivity contribution is -0.191. The monoisotopic (exact) mass is 666 g/mol. The van der Waals surface area contributed by atoms with Crippen molar-refractivity contribution in [2.24, 2.45) is 5.92 Å². The van der Waals surface area contributed by atoms with Crippen LogP contribution in [0.1, 0.15) is 103 Å². The molecule has 45 heavy (non-hydrogen) atoms. The van der Waals surface area contributed by atoms with Crippen LogP contribution in [0.2, 0.25) is 0 Å². The number of carbonyl (C=O) groups is 3. The van der Waals surface area contributed by atoms with E-state index in [-0.39, 0.29) is 19.8 Å². The highest BCUT2D eigenvalue weighted by Crippen LogP contribution is 2.29. The van der Waals surface area contributed by atoms with Gasteiger partial charge < -0.3 is 23.7 Å². The predicted molar refractivity (Wildman–Crippen MR) is 155 cm³/mol. The maximum absolute atomic E-state index is 12.5. The molecule has 0 N–H and O–H groups in total. The highest BCUT2D eigenvalue weighted by Gasteiger charge is 2.54. The third-order valence-corrected chi connectivity index (χ3v) is 6.81. The van der Waals surface area contributed by atoms with Crippen molar-refractivity contribution < 1.29 is 64.4 Å². The number of halogens is 6. The second-order valence-corrected chi connectivity index (χ2v) is 10.7. The van der Waals surface area contributed by atoms with E-state index < -0.39 is 48.8 Å². The number of ether oxygens (including phenoxy) is 5. The topological polar surface area (TPSA) is 97.4 Å². The van der Waals surface area contributed by atoms with Crippen molar-refractivity contribution in [1.82, 2.24) is 0 Å². The minimum atomic E-state index is -5.72. The van der Waals surface area contributed by atoms with Crippen LogP contribution in [-0.4, -0.2) is 89.4 Å². The van der Waals surface area contributed by atoms with Crippen LogP contribution in [0.4, 0.5) is 26.3 Å². The summed E-state index contributed by atoms with van der Waals surface area (Å²) in [5.74, 6) is -10.8. The summed E-state index contributed by atoms with van der Waals surface area (Å²) in [5, 5.41) is 0. The Hall–Kier alpha value is -1.77. The maximum Gasteiger partial charge on any atom is 0.450 e. The molecule has 0 aromatic heterocycles. The lowest BCUT2D eigenvalue weighted by atomic mass is 9.94. The summed E-state index contributed by atoms with van der Waals surface area (Å²) in [7, 11) is 0. The molecule has 0 saturated carbocycles. The molecule has 0 aliphatic heterocycles. The Balaban J connectivity index is 3.53. The van der Waals surface area contributed by atoms with E-state index in [1.807, 2.05) is 0 Å². The van der Waals surface area contributed by atoms with Crippen molar-refractivity contribution in [2.45, 2.75) is 116 Å². The number of carbonyl (C=O) groups excluding carboxylic acids is 3. The number of Topliss-reactive ketones (excluding diaryl/α,β-unsaturated/α-hetero) is 2. The standard InChI is InChI=1S/C31H52F6O8/c1-2-3-4-5-6-7-8-9-10-11-12-13-14-15-16-41-17-18-42-19-20-43-21-22-44-23-24-45-27(38)25-26(28(39)30(32,33)34)29(40)31(35,36)37/h26H,2-25H2,1H3. The number of esters is 1. The smallest absolute Gasteiger partial charge is 0.450 e. The molecular weight excluding hydrogens is 614 g/mol. The number of ketones is 2. The fourth-order valence-corrected chi connectivity index (χ4v) is 4.30. The zero-order valence-electron chi connectivity index (χ0n) is 26.6. The van der Waals surface area contributed by atoms with Crippen LogP contribution in [0, 0.1) is 5.92 Å². The summed E-state index contributed by atoms with van der Waals surface area (Å²) >= 11 is 0. The van der Waals surface area contributed by atoms with Gasteiger partial charge in [0.1, 0.15) is 12.5 Å². The molecule has 0 rings (SSSR count). The van der Waals surface area contributed by atoms with Crippen LogP contribution in [0.25, 0.3) is 0 Å². The van der Waals surface area contributed by atoms with Crippen molar-refractivity contribution in [2.75, 3.05) is 59.5 Å². The Kier molecular flexibility index (Phi) is 26.3. The summed E-state index contributed by atoms with van der Waals surface area (Å²) in [6.07, 6.45) is 5.18. The summed E-state index contributed by atoms with van der Waals surface area (Å²) in [6.45, 7) is 4.02. The lowest BCUT2D eigenvalue weighted by Gasteiger charge is -2.17. The Labute approximate surface area is 263 Å². The Morgan fingerprint density at radius 1 is 0.467 bits per heavy atom. The fraction of sp³-hybridized carbons (Fsp3) is 0.903. The summed E-state index contributed by atoms with van der Waals surface area (Å²) in [6, 6.07) is 0. The fourth-order valence-electron chi connectivity index (χ4n) is 4.30. The highest BCUT2D eigenvalue weighted by molar-refractivity contribution is 6.08. The second-order valence-electron chi connectivity index (χ2n) is 10.7. The van der Waals surface area contributed by atoms with Gasteiger partial charge in [0.05, 0.1) is 52.7 Å². The predicted octanol–water partition coefficient (Wildman–Crippen LogP) is 7.35.